The van der Waals surface area contributed by atoms with Crippen LogP contribution in [0.2, 0.25) is 5.02 Å². The van der Waals surface area contributed by atoms with Gasteiger partial charge in [-0.15, -0.1) is 0 Å². The van der Waals surface area contributed by atoms with E-state index in [1.165, 1.54) is 48.7 Å². The van der Waals surface area contributed by atoms with Gasteiger partial charge in [0.2, 0.25) is 0 Å². The summed E-state index contributed by atoms with van der Waals surface area (Å²) in [4.78, 5) is 11.8. The number of sulfone groups is 1. The van der Waals surface area contributed by atoms with Gasteiger partial charge in [-0.2, -0.15) is 5.26 Å². The molecule has 0 aliphatic rings. The number of hydrogen-bond acceptors (Lipinski definition) is 7. The highest BCUT2D eigenvalue weighted by Crippen LogP contribution is 2.20. The molecule has 2 rings (SSSR count). The molecule has 0 aliphatic heterocycles. The maximum absolute atomic E-state index is 12.7. The fraction of sp³-hybridized carbons (Fsp3) is 0.111. The average Bonchev–Trinajstić information content (AvgIpc) is 2.62. The Morgan fingerprint density at radius 1 is 1.07 bits per heavy atom. The van der Waals surface area contributed by atoms with Crippen molar-refractivity contribution in [2.75, 3.05) is 12.5 Å². The number of nitriles is 1. The Bertz CT molecular complexity index is 1190. The molecule has 0 saturated carbocycles. The van der Waals surface area contributed by atoms with Crippen molar-refractivity contribution in [2.24, 2.45) is 4.36 Å². The van der Waals surface area contributed by atoms with E-state index >= 15 is 0 Å². The second kappa shape index (κ2) is 8.56. The van der Waals surface area contributed by atoms with Crippen LogP contribution in [0.3, 0.4) is 0 Å². The third kappa shape index (κ3) is 5.66. The molecule has 1 atom stereocenters. The standard InChI is InChI=1S/C18H15ClN2O5S2/c1-27(23,21-12-17(11-20)28(2,24)25)16-9-7-15(8-10-16)26-18(22)13-3-5-14(19)6-4-13/h3-10,12H,1-2H3/b17-12+. The van der Waals surface area contributed by atoms with Crippen molar-refractivity contribution in [1.29, 1.82) is 5.26 Å². The minimum atomic E-state index is -3.75. The van der Waals surface area contributed by atoms with Crippen molar-refractivity contribution in [3.05, 3.63) is 70.2 Å². The summed E-state index contributed by atoms with van der Waals surface area (Å²) in [7, 11) is -6.75. The van der Waals surface area contributed by atoms with Gasteiger partial charge in [-0.05, 0) is 48.5 Å². The predicted octanol–water partition coefficient (Wildman–Crippen LogP) is 3.43. The van der Waals surface area contributed by atoms with Gasteiger partial charge in [-0.1, -0.05) is 11.6 Å². The summed E-state index contributed by atoms with van der Waals surface area (Å²) in [5.74, 6) is -0.357. The number of rotatable bonds is 5. The van der Waals surface area contributed by atoms with Crippen molar-refractivity contribution in [3.8, 4) is 11.8 Å². The van der Waals surface area contributed by atoms with Crippen LogP contribution in [0.15, 0.2) is 68.9 Å². The molecule has 0 saturated heterocycles. The minimum Gasteiger partial charge on any atom is -0.423 e. The molecule has 28 heavy (non-hydrogen) atoms. The number of benzene rings is 2. The number of hydrogen-bond donors (Lipinski definition) is 0. The molecule has 0 N–H and O–H groups in total. The second-order valence-electron chi connectivity index (χ2n) is 5.65. The van der Waals surface area contributed by atoms with E-state index in [1.54, 1.807) is 12.1 Å². The summed E-state index contributed by atoms with van der Waals surface area (Å²) in [5.41, 5.74) is 0.317. The predicted molar refractivity (Wildman–Crippen MR) is 106 cm³/mol. The molecule has 0 aliphatic carbocycles. The normalized spacial score (nSPS) is 13.9. The van der Waals surface area contributed by atoms with E-state index < -0.39 is 30.4 Å². The van der Waals surface area contributed by atoms with Crippen LogP contribution >= 0.6 is 11.6 Å². The fourth-order valence-corrected chi connectivity index (χ4v) is 3.60. The van der Waals surface area contributed by atoms with Gasteiger partial charge in [0.1, 0.15) is 11.8 Å². The second-order valence-corrected chi connectivity index (χ2v) is 10.4. The van der Waals surface area contributed by atoms with Gasteiger partial charge in [0.15, 0.2) is 14.7 Å². The quantitative estimate of drug-likeness (QED) is 0.401. The van der Waals surface area contributed by atoms with Gasteiger partial charge in [0.05, 0.1) is 21.5 Å². The molecule has 0 aromatic heterocycles. The van der Waals surface area contributed by atoms with Crippen molar-refractivity contribution < 1.29 is 22.2 Å². The highest BCUT2D eigenvalue weighted by Gasteiger charge is 2.13. The molecular weight excluding hydrogens is 424 g/mol. The molecule has 7 nitrogen and oxygen atoms in total. The van der Waals surface area contributed by atoms with Gasteiger partial charge in [0, 0.05) is 22.4 Å². The lowest BCUT2D eigenvalue weighted by atomic mass is 10.2. The smallest absolute Gasteiger partial charge is 0.343 e. The molecule has 1 unspecified atom stereocenters. The van der Waals surface area contributed by atoms with Crippen LogP contribution in [-0.4, -0.2) is 31.1 Å². The summed E-state index contributed by atoms with van der Waals surface area (Å²) in [6, 6.07) is 13.4. The first-order chi connectivity index (χ1) is 13.0. The summed E-state index contributed by atoms with van der Waals surface area (Å²) in [6.45, 7) is 0. The lowest BCUT2D eigenvalue weighted by molar-refractivity contribution is 0.0734. The molecule has 10 heteroatoms. The lowest BCUT2D eigenvalue weighted by Gasteiger charge is -2.07. The number of esters is 1. The number of nitrogens with zero attached hydrogens (tertiary/aromatic N) is 2. The lowest BCUT2D eigenvalue weighted by Crippen LogP contribution is -2.08. The monoisotopic (exact) mass is 438 g/mol. The Morgan fingerprint density at radius 3 is 2.14 bits per heavy atom. The van der Waals surface area contributed by atoms with Gasteiger partial charge in [-0.25, -0.2) is 21.8 Å². The zero-order chi connectivity index (χ0) is 20.9. The third-order valence-electron chi connectivity index (χ3n) is 3.43. The van der Waals surface area contributed by atoms with Crippen LogP contribution in [0, 0.1) is 11.3 Å². The Kier molecular flexibility index (Phi) is 6.61. The van der Waals surface area contributed by atoms with Crippen molar-refractivity contribution in [2.45, 2.75) is 4.90 Å². The summed E-state index contributed by atoms with van der Waals surface area (Å²) < 4.78 is 44.5. The number of ether oxygens (including phenoxy) is 1. The van der Waals surface area contributed by atoms with Gasteiger partial charge >= 0.3 is 5.97 Å². The highest BCUT2D eigenvalue weighted by molar-refractivity contribution is 7.95. The van der Waals surface area contributed by atoms with E-state index in [9.17, 15) is 17.4 Å². The SMILES string of the molecule is CS(=O)(=O)/C(C#N)=C/N=S(C)(=O)c1ccc(OC(=O)c2ccc(Cl)cc2)cc1. The fourth-order valence-electron chi connectivity index (χ4n) is 1.93. The highest BCUT2D eigenvalue weighted by atomic mass is 35.5. The maximum atomic E-state index is 12.7. The van der Waals surface area contributed by atoms with Gasteiger partial charge in [0.25, 0.3) is 0 Å². The molecule has 0 heterocycles. The van der Waals surface area contributed by atoms with E-state index in [-0.39, 0.29) is 10.6 Å². The first-order valence-electron chi connectivity index (χ1n) is 7.62. The first-order valence-corrected chi connectivity index (χ1v) is 11.8. The molecule has 2 aromatic rings. The molecule has 0 fully saturated rings. The molecule has 0 radical (unpaired) electrons. The van der Waals surface area contributed by atoms with Crippen LogP contribution < -0.4 is 4.74 Å². The van der Waals surface area contributed by atoms with E-state index in [0.717, 1.165) is 12.5 Å². The molecule has 146 valence electrons. The molecule has 2 aromatic carbocycles. The van der Waals surface area contributed by atoms with Crippen molar-refractivity contribution in [1.82, 2.24) is 0 Å². The Balaban J connectivity index is 2.23. The maximum Gasteiger partial charge on any atom is 0.343 e. The zero-order valence-corrected chi connectivity index (χ0v) is 17.2. The summed E-state index contributed by atoms with van der Waals surface area (Å²) in [5, 5.41) is 9.34. The summed E-state index contributed by atoms with van der Waals surface area (Å²) in [6.07, 6.45) is 2.94. The van der Waals surface area contributed by atoms with Crippen molar-refractivity contribution in [3.63, 3.8) is 0 Å². The molecule has 0 bridgehead atoms. The van der Waals surface area contributed by atoms with Crippen LogP contribution in [0.25, 0.3) is 0 Å². The summed E-state index contributed by atoms with van der Waals surface area (Å²) >= 11 is 5.77. The van der Waals surface area contributed by atoms with Gasteiger partial charge in [-0.3, -0.25) is 0 Å². The third-order valence-corrected chi connectivity index (χ3v) is 6.33. The van der Waals surface area contributed by atoms with E-state index in [1.807, 2.05) is 0 Å². The number of carbonyl (C=O) groups excluding carboxylic acids is 1. The molecule has 0 amide bonds. The zero-order valence-electron chi connectivity index (χ0n) is 14.8. The number of allylic oxidation sites excluding steroid dienone is 1. The number of carbonyl (C=O) groups is 1. The largest absolute Gasteiger partial charge is 0.423 e. The van der Waals surface area contributed by atoms with E-state index in [2.05, 4.69) is 4.36 Å². The van der Waals surface area contributed by atoms with Crippen molar-refractivity contribution >= 4 is 37.1 Å². The number of halogens is 1. The first kappa shape index (κ1) is 21.6. The minimum absolute atomic E-state index is 0.225. The Morgan fingerprint density at radius 2 is 1.64 bits per heavy atom. The Hall–Kier alpha value is -2.67. The Labute approximate surface area is 168 Å². The van der Waals surface area contributed by atoms with Crippen LogP contribution in [0.4, 0.5) is 0 Å². The van der Waals surface area contributed by atoms with Crippen LogP contribution in [0.5, 0.6) is 5.75 Å². The van der Waals surface area contributed by atoms with Gasteiger partial charge < -0.3 is 4.74 Å². The van der Waals surface area contributed by atoms with Crippen LogP contribution in [0.1, 0.15) is 10.4 Å². The molecule has 0 spiro atoms. The average molecular weight is 439 g/mol. The van der Waals surface area contributed by atoms with E-state index in [0.29, 0.717) is 10.6 Å². The molecular formula is C18H15ClN2O5S2. The van der Waals surface area contributed by atoms with Crippen LogP contribution in [-0.2, 0) is 19.6 Å². The van der Waals surface area contributed by atoms with E-state index in [4.69, 9.17) is 21.6 Å². The topological polar surface area (TPSA) is 114 Å².